The number of allylic oxidation sites excluding steroid dienone is 10. The third kappa shape index (κ3) is 11.3. The molecule has 0 saturated carbocycles. The average Bonchev–Trinajstić information content (AvgIpc) is 3.40. The fourth-order valence-corrected chi connectivity index (χ4v) is 4.17. The second-order valence-corrected chi connectivity index (χ2v) is 9.54. The summed E-state index contributed by atoms with van der Waals surface area (Å²) >= 11 is 0. The molecule has 0 spiro atoms. The summed E-state index contributed by atoms with van der Waals surface area (Å²) in [6, 6.07) is -0.0984. The molecule has 1 aliphatic rings. The Bertz CT molecular complexity index is 1030. The Labute approximate surface area is 228 Å². The van der Waals surface area contributed by atoms with Crippen LogP contribution in [0.15, 0.2) is 73.2 Å². The number of rotatable bonds is 15. The van der Waals surface area contributed by atoms with Crippen LogP contribution in [-0.4, -0.2) is 52.8 Å². The van der Waals surface area contributed by atoms with Crippen molar-refractivity contribution in [2.75, 3.05) is 20.1 Å². The number of likely N-dealkylation sites (N-methyl/N-ethyl adjacent to an activating group) is 1. The molecule has 0 aromatic carbocycles. The van der Waals surface area contributed by atoms with Gasteiger partial charge in [-0.1, -0.05) is 67.7 Å². The first-order valence-electron chi connectivity index (χ1n) is 13.8. The fraction of sp³-hybridized carbons (Fsp3) is 0.484. The maximum Gasteiger partial charge on any atom is 0.321 e. The number of likely N-dealkylation sites (tertiary alicyclic amines) is 1. The quantitative estimate of drug-likeness (QED) is 0.130. The monoisotopic (exact) mass is 520 g/mol. The van der Waals surface area contributed by atoms with Crippen LogP contribution in [0.5, 0.6) is 0 Å². The zero-order valence-corrected chi connectivity index (χ0v) is 23.3. The second-order valence-electron chi connectivity index (χ2n) is 9.54. The molecule has 0 aliphatic carbocycles. The predicted octanol–water partition coefficient (Wildman–Crippen LogP) is 5.62. The Hall–Kier alpha value is -3.48. The van der Waals surface area contributed by atoms with Gasteiger partial charge in [-0.05, 0) is 58.3 Å². The highest BCUT2D eigenvalue weighted by atomic mass is 16.5. The number of aryl methyl sites for hydroxylation is 1. The Morgan fingerprint density at radius 3 is 2.18 bits per heavy atom. The van der Waals surface area contributed by atoms with Gasteiger partial charge in [-0.2, -0.15) is 4.73 Å². The highest BCUT2D eigenvalue weighted by Gasteiger charge is 2.33. The first kappa shape index (κ1) is 30.7. The summed E-state index contributed by atoms with van der Waals surface area (Å²) in [6.07, 6.45) is 32.2. The van der Waals surface area contributed by atoms with Crippen LogP contribution in [0.1, 0.15) is 80.9 Å². The molecule has 1 aromatic rings. The van der Waals surface area contributed by atoms with Crippen molar-refractivity contribution in [1.29, 1.82) is 0 Å². The van der Waals surface area contributed by atoms with Gasteiger partial charge in [-0.3, -0.25) is 9.59 Å². The van der Waals surface area contributed by atoms with Gasteiger partial charge in [0.05, 0.1) is 6.04 Å². The molecule has 1 fully saturated rings. The maximum absolute atomic E-state index is 12.7. The molecule has 0 bridgehead atoms. The number of nitrogens with zero attached hydrogens (tertiary/aromatic N) is 4. The van der Waals surface area contributed by atoms with Gasteiger partial charge in [0.15, 0.2) is 0 Å². The molecule has 206 valence electrons. The number of carbonyl (C=O) groups excluding carboxylic acids is 2. The minimum atomic E-state index is -0.370. The Morgan fingerprint density at radius 2 is 1.61 bits per heavy atom. The molecule has 38 heavy (non-hydrogen) atoms. The Morgan fingerprint density at radius 1 is 1.03 bits per heavy atom. The van der Waals surface area contributed by atoms with Crippen LogP contribution < -0.4 is 4.73 Å². The van der Waals surface area contributed by atoms with Crippen LogP contribution in [-0.2, 0) is 4.79 Å². The van der Waals surface area contributed by atoms with Crippen molar-refractivity contribution in [2.24, 2.45) is 0 Å². The largest absolute Gasteiger partial charge is 0.618 e. The summed E-state index contributed by atoms with van der Waals surface area (Å²) in [5.41, 5.74) is 0.557. The Balaban J connectivity index is 1.57. The molecule has 7 nitrogen and oxygen atoms in total. The van der Waals surface area contributed by atoms with Crippen molar-refractivity contribution in [1.82, 2.24) is 14.8 Å². The van der Waals surface area contributed by atoms with E-state index in [-0.39, 0.29) is 23.6 Å². The standard InChI is InChI=1S/C31H44N4O3/c1-4-5-6-7-8-9-10-11-12-13-14-15-16-17-18-19-20-21-30(36)34-23-22-28(26-34)33(3)31(37)29-24-32-27(2)25-35(29)38/h5-6,8-9,11-12,14-15,17-18,24-25,28H,4,7,10,13,16,19-23,26H2,1-3H3. The third-order valence-electron chi connectivity index (χ3n) is 6.45. The van der Waals surface area contributed by atoms with Crippen molar-refractivity contribution in [3.05, 3.63) is 89.7 Å². The van der Waals surface area contributed by atoms with E-state index in [0.717, 1.165) is 44.9 Å². The molecule has 1 atom stereocenters. The van der Waals surface area contributed by atoms with Crippen molar-refractivity contribution < 1.29 is 14.3 Å². The van der Waals surface area contributed by atoms with E-state index in [4.69, 9.17) is 0 Å². The topological polar surface area (TPSA) is 80.5 Å². The molecule has 7 heteroatoms. The molecule has 1 saturated heterocycles. The average molecular weight is 521 g/mol. The SMILES string of the molecule is CCC=CCC=CCC=CCC=CCC=CCCCC(=O)N1CCC(N(C)C(=O)c2cnc(C)c[n+]2[O-])C1. The summed E-state index contributed by atoms with van der Waals surface area (Å²) in [7, 11) is 1.68. The Kier molecular flexibility index (Phi) is 14.5. The van der Waals surface area contributed by atoms with E-state index < -0.39 is 0 Å². The van der Waals surface area contributed by atoms with Gasteiger partial charge < -0.3 is 15.0 Å². The maximum atomic E-state index is 12.7. The summed E-state index contributed by atoms with van der Waals surface area (Å²) in [5.74, 6) is -0.248. The summed E-state index contributed by atoms with van der Waals surface area (Å²) in [6.45, 7) is 4.98. The van der Waals surface area contributed by atoms with Crippen LogP contribution in [0.25, 0.3) is 0 Å². The minimum absolute atomic E-state index is 0.0000571. The van der Waals surface area contributed by atoms with E-state index in [9.17, 15) is 14.8 Å². The molecule has 2 heterocycles. The van der Waals surface area contributed by atoms with Crippen LogP contribution in [0.2, 0.25) is 0 Å². The number of hydrogen-bond acceptors (Lipinski definition) is 4. The number of amides is 2. The minimum Gasteiger partial charge on any atom is -0.618 e. The lowest BCUT2D eigenvalue weighted by atomic mass is 10.2. The van der Waals surface area contributed by atoms with E-state index in [0.29, 0.717) is 36.4 Å². The highest BCUT2D eigenvalue weighted by Crippen LogP contribution is 2.17. The first-order chi connectivity index (χ1) is 18.4. The molecular formula is C31H44N4O3. The summed E-state index contributed by atoms with van der Waals surface area (Å²) in [5, 5.41) is 12.1. The van der Waals surface area contributed by atoms with Crippen molar-refractivity contribution >= 4 is 11.8 Å². The number of aromatic nitrogens is 2. The summed E-state index contributed by atoms with van der Waals surface area (Å²) < 4.78 is 0.563. The molecule has 1 unspecified atom stereocenters. The first-order valence-corrected chi connectivity index (χ1v) is 13.8. The van der Waals surface area contributed by atoms with E-state index in [1.807, 2.05) is 4.90 Å². The molecule has 2 rings (SSSR count). The molecule has 1 aliphatic heterocycles. The van der Waals surface area contributed by atoms with Gasteiger partial charge in [0.1, 0.15) is 11.9 Å². The van der Waals surface area contributed by atoms with Crippen LogP contribution in [0.3, 0.4) is 0 Å². The molecular weight excluding hydrogens is 476 g/mol. The zero-order valence-electron chi connectivity index (χ0n) is 23.3. The third-order valence-corrected chi connectivity index (χ3v) is 6.45. The zero-order chi connectivity index (χ0) is 27.6. The van der Waals surface area contributed by atoms with Crippen LogP contribution in [0.4, 0.5) is 0 Å². The van der Waals surface area contributed by atoms with Gasteiger partial charge >= 0.3 is 5.91 Å². The fourth-order valence-electron chi connectivity index (χ4n) is 4.17. The lowest BCUT2D eigenvalue weighted by Gasteiger charge is -2.24. The van der Waals surface area contributed by atoms with E-state index >= 15 is 0 Å². The number of unbranched alkanes of at least 4 members (excludes halogenated alkanes) is 1. The van der Waals surface area contributed by atoms with Gasteiger partial charge in [0.2, 0.25) is 12.1 Å². The smallest absolute Gasteiger partial charge is 0.321 e. The van der Waals surface area contributed by atoms with Crippen LogP contribution >= 0.6 is 0 Å². The lowest BCUT2D eigenvalue weighted by Crippen LogP contribution is -2.45. The van der Waals surface area contributed by atoms with Crippen molar-refractivity contribution in [3.8, 4) is 0 Å². The molecule has 0 radical (unpaired) electrons. The number of hydrogen-bond donors (Lipinski definition) is 0. The highest BCUT2D eigenvalue weighted by molar-refractivity contribution is 5.90. The molecule has 1 aromatic heterocycles. The van der Waals surface area contributed by atoms with Crippen molar-refractivity contribution in [3.63, 3.8) is 0 Å². The predicted molar refractivity (Wildman–Crippen MR) is 153 cm³/mol. The van der Waals surface area contributed by atoms with Gasteiger partial charge in [0.25, 0.3) is 5.69 Å². The van der Waals surface area contributed by atoms with E-state index in [1.165, 1.54) is 12.4 Å². The van der Waals surface area contributed by atoms with E-state index in [1.54, 1.807) is 18.9 Å². The van der Waals surface area contributed by atoms with Gasteiger partial charge in [0, 0.05) is 26.6 Å². The molecule has 0 N–H and O–H groups in total. The van der Waals surface area contributed by atoms with Crippen LogP contribution in [0, 0.1) is 12.1 Å². The molecule has 2 amide bonds. The normalized spacial score (nSPS) is 16.3. The van der Waals surface area contributed by atoms with Crippen molar-refractivity contribution in [2.45, 2.75) is 77.7 Å². The number of carbonyl (C=O) groups is 2. The second kappa shape index (κ2) is 17.9. The van der Waals surface area contributed by atoms with E-state index in [2.05, 4.69) is 72.7 Å². The van der Waals surface area contributed by atoms with Gasteiger partial charge in [-0.15, -0.1) is 0 Å². The van der Waals surface area contributed by atoms with Gasteiger partial charge in [-0.25, -0.2) is 4.98 Å². The summed E-state index contributed by atoms with van der Waals surface area (Å²) in [4.78, 5) is 32.8. The lowest BCUT2D eigenvalue weighted by molar-refractivity contribution is -0.609.